The number of benzene rings is 1. The van der Waals surface area contributed by atoms with Gasteiger partial charge >= 0.3 is 0 Å². The topological polar surface area (TPSA) is 44.4 Å². The van der Waals surface area contributed by atoms with Crippen LogP contribution in [0.4, 0.5) is 5.69 Å². The monoisotopic (exact) mass is 261 g/mol. The number of amides is 1. The summed E-state index contributed by atoms with van der Waals surface area (Å²) < 4.78 is 0. The van der Waals surface area contributed by atoms with Crippen LogP contribution in [0, 0.1) is 0 Å². The van der Waals surface area contributed by atoms with Gasteiger partial charge in [-0.05, 0) is 58.1 Å². The van der Waals surface area contributed by atoms with Crippen LogP contribution in [0.5, 0.6) is 0 Å². The van der Waals surface area contributed by atoms with Crippen molar-refractivity contribution in [3.8, 4) is 0 Å². The van der Waals surface area contributed by atoms with Crippen molar-refractivity contribution < 1.29 is 4.79 Å². The van der Waals surface area contributed by atoms with E-state index in [0.29, 0.717) is 0 Å². The van der Waals surface area contributed by atoms with Crippen molar-refractivity contribution in [3.63, 3.8) is 0 Å². The third-order valence-corrected chi connectivity index (χ3v) is 3.73. The van der Waals surface area contributed by atoms with Gasteiger partial charge in [-0.2, -0.15) is 0 Å². The van der Waals surface area contributed by atoms with E-state index < -0.39 is 0 Å². The van der Waals surface area contributed by atoms with Crippen LogP contribution >= 0.6 is 0 Å². The van der Waals surface area contributed by atoms with Gasteiger partial charge in [0.25, 0.3) is 0 Å². The Balaban J connectivity index is 1.99. The van der Waals surface area contributed by atoms with E-state index in [9.17, 15) is 4.79 Å². The van der Waals surface area contributed by atoms with E-state index in [0.717, 1.165) is 38.0 Å². The van der Waals surface area contributed by atoms with Crippen molar-refractivity contribution >= 4 is 11.6 Å². The second kappa shape index (κ2) is 6.68. The second-order valence-electron chi connectivity index (χ2n) is 5.14. The normalized spacial score (nSPS) is 18.9. The van der Waals surface area contributed by atoms with Crippen LogP contribution < -0.4 is 10.6 Å². The summed E-state index contributed by atoms with van der Waals surface area (Å²) in [6.07, 6.45) is 2.90. The molecule has 0 aromatic heterocycles. The van der Waals surface area contributed by atoms with Crippen molar-refractivity contribution in [1.29, 1.82) is 0 Å². The van der Waals surface area contributed by atoms with Gasteiger partial charge in [0.15, 0.2) is 0 Å². The van der Waals surface area contributed by atoms with Gasteiger partial charge in [-0.3, -0.25) is 9.69 Å². The number of likely N-dealkylation sites (N-methyl/N-ethyl adjacent to an activating group) is 1. The first-order valence-electron chi connectivity index (χ1n) is 6.96. The zero-order valence-electron chi connectivity index (χ0n) is 11.8. The summed E-state index contributed by atoms with van der Waals surface area (Å²) in [6, 6.07) is 8.05. The Morgan fingerprint density at radius 3 is 3.00 bits per heavy atom. The summed E-state index contributed by atoms with van der Waals surface area (Å²) in [5, 5.41) is 6.18. The van der Waals surface area contributed by atoms with Crippen molar-refractivity contribution in [2.24, 2.45) is 0 Å². The number of nitrogens with one attached hydrogen (secondary N) is 2. The third-order valence-electron chi connectivity index (χ3n) is 3.73. The fourth-order valence-corrected chi connectivity index (χ4v) is 2.58. The molecule has 2 N–H and O–H groups in total. The first kappa shape index (κ1) is 14.0. The highest BCUT2D eigenvalue weighted by atomic mass is 16.2. The largest absolute Gasteiger partial charge is 0.324 e. The molecule has 1 unspecified atom stereocenters. The van der Waals surface area contributed by atoms with Crippen LogP contribution in [0.15, 0.2) is 24.3 Å². The van der Waals surface area contributed by atoms with Gasteiger partial charge in [-0.1, -0.05) is 18.2 Å². The standard InChI is InChI=1S/C15H23N3O/c1-16-10-5-11-18(2)14-9-8-12-6-3-4-7-13(12)17-15(14)19/h3-4,6-7,14,16H,5,8-11H2,1-2H3,(H,17,19). The molecule has 1 amide bonds. The van der Waals surface area contributed by atoms with E-state index in [-0.39, 0.29) is 11.9 Å². The number of rotatable bonds is 5. The maximum absolute atomic E-state index is 12.3. The number of aryl methyl sites for hydroxylation is 1. The van der Waals surface area contributed by atoms with Gasteiger partial charge in [0.2, 0.25) is 5.91 Å². The average molecular weight is 261 g/mol. The maximum atomic E-state index is 12.3. The number of anilines is 1. The SMILES string of the molecule is CNCCCN(C)C1CCc2ccccc2NC1=O. The molecule has 2 rings (SSSR count). The molecule has 1 aromatic rings. The molecule has 1 atom stereocenters. The van der Waals surface area contributed by atoms with Crippen molar-refractivity contribution in [2.45, 2.75) is 25.3 Å². The van der Waals surface area contributed by atoms with Gasteiger partial charge in [0, 0.05) is 5.69 Å². The molecule has 0 saturated carbocycles. The number of hydrogen-bond donors (Lipinski definition) is 2. The van der Waals surface area contributed by atoms with Crippen molar-refractivity contribution in [1.82, 2.24) is 10.2 Å². The lowest BCUT2D eigenvalue weighted by Crippen LogP contribution is -2.42. The molecule has 0 saturated heterocycles. The molecule has 1 aliphatic rings. The summed E-state index contributed by atoms with van der Waals surface area (Å²) in [7, 11) is 3.99. The molecular weight excluding hydrogens is 238 g/mol. The van der Waals surface area contributed by atoms with Crippen molar-refractivity contribution in [3.05, 3.63) is 29.8 Å². The Labute approximate surface area is 115 Å². The smallest absolute Gasteiger partial charge is 0.241 e. The number of fused-ring (bicyclic) bond motifs is 1. The second-order valence-corrected chi connectivity index (χ2v) is 5.14. The lowest BCUT2D eigenvalue weighted by Gasteiger charge is -2.25. The minimum Gasteiger partial charge on any atom is -0.324 e. The molecular formula is C15H23N3O. The molecule has 0 bridgehead atoms. The summed E-state index contributed by atoms with van der Waals surface area (Å²) in [5.74, 6) is 0.122. The summed E-state index contributed by atoms with van der Waals surface area (Å²) >= 11 is 0. The minimum atomic E-state index is -0.0238. The lowest BCUT2D eigenvalue weighted by atomic mass is 10.1. The van der Waals surface area contributed by atoms with Crippen LogP contribution in [0.2, 0.25) is 0 Å². The Morgan fingerprint density at radius 1 is 1.42 bits per heavy atom. The number of carbonyl (C=O) groups excluding carboxylic acids is 1. The van der Waals surface area contributed by atoms with E-state index in [1.807, 2.05) is 32.3 Å². The van der Waals surface area contributed by atoms with Gasteiger partial charge < -0.3 is 10.6 Å². The summed E-state index contributed by atoms with van der Waals surface area (Å²) in [4.78, 5) is 14.4. The maximum Gasteiger partial charge on any atom is 0.241 e. The first-order chi connectivity index (χ1) is 9.22. The Hall–Kier alpha value is -1.39. The van der Waals surface area contributed by atoms with Gasteiger partial charge in [0.05, 0.1) is 6.04 Å². The Kier molecular flexibility index (Phi) is 4.93. The van der Waals surface area contributed by atoms with Gasteiger partial charge in [0.1, 0.15) is 0 Å². The van der Waals surface area contributed by atoms with Crippen LogP contribution in [0.25, 0.3) is 0 Å². The zero-order chi connectivity index (χ0) is 13.7. The van der Waals surface area contributed by atoms with Gasteiger partial charge in [-0.25, -0.2) is 0 Å². The first-order valence-corrected chi connectivity index (χ1v) is 6.96. The Bertz CT molecular complexity index is 433. The van der Waals surface area contributed by atoms with Crippen molar-refractivity contribution in [2.75, 3.05) is 32.5 Å². The average Bonchev–Trinajstić information content (AvgIpc) is 2.57. The third kappa shape index (κ3) is 3.55. The summed E-state index contributed by atoms with van der Waals surface area (Å²) in [5.41, 5.74) is 2.21. The minimum absolute atomic E-state index is 0.0238. The van der Waals surface area contributed by atoms with Gasteiger partial charge in [-0.15, -0.1) is 0 Å². The number of nitrogens with zero attached hydrogens (tertiary/aromatic N) is 1. The Morgan fingerprint density at radius 2 is 2.21 bits per heavy atom. The highest BCUT2D eigenvalue weighted by Gasteiger charge is 2.26. The van der Waals surface area contributed by atoms with Crippen LogP contribution in [-0.2, 0) is 11.2 Å². The molecule has 4 heteroatoms. The number of carbonyl (C=O) groups is 1. The molecule has 104 valence electrons. The highest BCUT2D eigenvalue weighted by Crippen LogP contribution is 2.23. The number of hydrogen-bond acceptors (Lipinski definition) is 3. The molecule has 1 aromatic carbocycles. The summed E-state index contributed by atoms with van der Waals surface area (Å²) in [6.45, 7) is 1.92. The van der Waals surface area contributed by atoms with E-state index >= 15 is 0 Å². The van der Waals surface area contributed by atoms with E-state index in [1.54, 1.807) is 0 Å². The molecule has 0 spiro atoms. The predicted octanol–water partition coefficient (Wildman–Crippen LogP) is 1.48. The van der Waals surface area contributed by atoms with E-state index in [2.05, 4.69) is 21.6 Å². The molecule has 0 aliphatic carbocycles. The lowest BCUT2D eigenvalue weighted by molar-refractivity contribution is -0.120. The molecule has 1 heterocycles. The predicted molar refractivity (Wildman–Crippen MR) is 78.4 cm³/mol. The van der Waals surface area contributed by atoms with Crippen LogP contribution in [0.1, 0.15) is 18.4 Å². The fraction of sp³-hybridized carbons (Fsp3) is 0.533. The molecule has 1 aliphatic heterocycles. The molecule has 4 nitrogen and oxygen atoms in total. The van der Waals surface area contributed by atoms with E-state index in [1.165, 1.54) is 5.56 Å². The molecule has 19 heavy (non-hydrogen) atoms. The molecule has 0 radical (unpaired) electrons. The number of para-hydroxylation sites is 1. The van der Waals surface area contributed by atoms with Crippen LogP contribution in [0.3, 0.4) is 0 Å². The fourth-order valence-electron chi connectivity index (χ4n) is 2.58. The molecule has 0 fully saturated rings. The van der Waals surface area contributed by atoms with Crippen LogP contribution in [-0.4, -0.2) is 44.0 Å². The highest BCUT2D eigenvalue weighted by molar-refractivity contribution is 5.96. The van der Waals surface area contributed by atoms with E-state index in [4.69, 9.17) is 0 Å². The zero-order valence-corrected chi connectivity index (χ0v) is 11.8. The quantitative estimate of drug-likeness (QED) is 0.789.